The maximum atomic E-state index is 15.3. The number of amides is 1. The first-order valence-corrected chi connectivity index (χ1v) is 11.0. The van der Waals surface area contributed by atoms with Crippen molar-refractivity contribution in [1.82, 2.24) is 5.32 Å². The summed E-state index contributed by atoms with van der Waals surface area (Å²) < 4.78 is 40.3. The molecule has 2 aromatic rings. The highest BCUT2D eigenvalue weighted by molar-refractivity contribution is 5.76. The molecule has 33 heavy (non-hydrogen) atoms. The van der Waals surface area contributed by atoms with Gasteiger partial charge in [0, 0.05) is 5.56 Å². The van der Waals surface area contributed by atoms with E-state index in [0.717, 1.165) is 5.56 Å². The summed E-state index contributed by atoms with van der Waals surface area (Å²) in [7, 11) is 0. The van der Waals surface area contributed by atoms with E-state index in [4.69, 9.17) is 9.47 Å². The van der Waals surface area contributed by atoms with Crippen molar-refractivity contribution in [3.63, 3.8) is 0 Å². The Morgan fingerprint density at radius 3 is 2.15 bits per heavy atom. The lowest BCUT2D eigenvalue weighted by Crippen LogP contribution is -2.36. The van der Waals surface area contributed by atoms with E-state index < -0.39 is 29.5 Å². The van der Waals surface area contributed by atoms with Crippen molar-refractivity contribution in [2.45, 2.75) is 73.5 Å². The number of benzene rings is 2. The van der Waals surface area contributed by atoms with Gasteiger partial charge in [0.1, 0.15) is 17.2 Å². The minimum absolute atomic E-state index is 0.101. The number of aryl methyl sites for hydroxylation is 3. The zero-order chi connectivity index (χ0) is 25.1. The van der Waals surface area contributed by atoms with Crippen LogP contribution in [-0.2, 0) is 14.3 Å². The van der Waals surface area contributed by atoms with Crippen LogP contribution >= 0.6 is 0 Å². The summed E-state index contributed by atoms with van der Waals surface area (Å²) in [6, 6.07) is 3.89. The van der Waals surface area contributed by atoms with Crippen LogP contribution in [0.4, 0.5) is 13.6 Å². The lowest BCUT2D eigenvalue weighted by atomic mass is 9.89. The number of nitrogens with one attached hydrogen (secondary N) is 1. The van der Waals surface area contributed by atoms with Crippen LogP contribution < -0.4 is 5.32 Å². The first kappa shape index (κ1) is 26.3. The van der Waals surface area contributed by atoms with Crippen LogP contribution in [-0.4, -0.2) is 24.3 Å². The fourth-order valence-corrected chi connectivity index (χ4v) is 3.88. The molecular formula is C26H33F2NO4. The Morgan fingerprint density at radius 1 is 0.970 bits per heavy atom. The molecule has 180 valence electrons. The van der Waals surface area contributed by atoms with Crippen LogP contribution in [0.2, 0.25) is 0 Å². The second-order valence-electron chi connectivity index (χ2n) is 9.23. The van der Waals surface area contributed by atoms with Crippen LogP contribution in [0, 0.1) is 39.3 Å². The lowest BCUT2D eigenvalue weighted by Gasteiger charge is -2.25. The summed E-state index contributed by atoms with van der Waals surface area (Å²) in [5, 5.41) is 2.60. The van der Waals surface area contributed by atoms with E-state index >= 15 is 4.39 Å². The van der Waals surface area contributed by atoms with E-state index in [9.17, 15) is 14.0 Å². The predicted octanol–water partition coefficient (Wildman–Crippen LogP) is 6.38. The number of halogens is 2. The fraction of sp³-hybridized carbons (Fsp3) is 0.462. The first-order chi connectivity index (χ1) is 15.2. The summed E-state index contributed by atoms with van der Waals surface area (Å²) in [6.45, 7) is 13.8. The Bertz CT molecular complexity index is 1060. The number of hydrogen-bond donors (Lipinski definition) is 1. The van der Waals surface area contributed by atoms with Crippen molar-refractivity contribution in [3.05, 3.63) is 57.7 Å². The Balaban J connectivity index is 2.62. The van der Waals surface area contributed by atoms with Crippen LogP contribution in [0.1, 0.15) is 68.0 Å². The molecule has 1 N–H and O–H groups in total. The summed E-state index contributed by atoms with van der Waals surface area (Å²) in [5.41, 5.74) is 2.69. The quantitative estimate of drug-likeness (QED) is 0.507. The number of alkyl carbamates (subject to hydrolysis) is 1. The predicted molar refractivity (Wildman–Crippen MR) is 124 cm³/mol. The number of carbonyl (C=O) groups excluding carboxylic acids is 2. The van der Waals surface area contributed by atoms with Crippen molar-refractivity contribution < 1.29 is 27.8 Å². The molecule has 0 aliphatic heterocycles. The smallest absolute Gasteiger partial charge is 0.408 e. The summed E-state index contributed by atoms with van der Waals surface area (Å²) in [6.07, 6.45) is -1.07. The van der Waals surface area contributed by atoms with Gasteiger partial charge in [0.2, 0.25) is 0 Å². The highest BCUT2D eigenvalue weighted by Crippen LogP contribution is 2.35. The van der Waals surface area contributed by atoms with Crippen molar-refractivity contribution in [3.8, 4) is 11.1 Å². The maximum Gasteiger partial charge on any atom is 0.408 e. The van der Waals surface area contributed by atoms with Gasteiger partial charge in [0.15, 0.2) is 0 Å². The van der Waals surface area contributed by atoms with Gasteiger partial charge in [0.05, 0.1) is 19.1 Å². The molecule has 0 aromatic heterocycles. The molecule has 1 amide bonds. The Kier molecular flexibility index (Phi) is 8.22. The summed E-state index contributed by atoms with van der Waals surface area (Å²) in [4.78, 5) is 24.7. The molecule has 0 heterocycles. The third-order valence-corrected chi connectivity index (χ3v) is 5.19. The molecule has 0 aliphatic carbocycles. The van der Waals surface area contributed by atoms with E-state index in [1.807, 2.05) is 6.92 Å². The number of hydrogen-bond acceptors (Lipinski definition) is 4. The zero-order valence-corrected chi connectivity index (χ0v) is 20.6. The van der Waals surface area contributed by atoms with Gasteiger partial charge in [-0.2, -0.15) is 0 Å². The van der Waals surface area contributed by atoms with Gasteiger partial charge in [-0.25, -0.2) is 13.6 Å². The largest absolute Gasteiger partial charge is 0.466 e. The fourth-order valence-electron chi connectivity index (χ4n) is 3.88. The first-order valence-electron chi connectivity index (χ1n) is 11.0. The molecule has 0 bridgehead atoms. The minimum atomic E-state index is -1.03. The topological polar surface area (TPSA) is 64.6 Å². The minimum Gasteiger partial charge on any atom is -0.466 e. The average Bonchev–Trinajstić information content (AvgIpc) is 2.67. The Hall–Kier alpha value is -2.96. The molecule has 2 rings (SSSR count). The van der Waals surface area contributed by atoms with E-state index in [1.165, 1.54) is 0 Å². The molecule has 0 radical (unpaired) electrons. The highest BCUT2D eigenvalue weighted by Gasteiger charge is 2.27. The van der Waals surface area contributed by atoms with E-state index in [1.54, 1.807) is 66.7 Å². The number of carbonyl (C=O) groups is 2. The van der Waals surface area contributed by atoms with Crippen LogP contribution in [0.5, 0.6) is 0 Å². The molecular weight excluding hydrogens is 428 g/mol. The van der Waals surface area contributed by atoms with Gasteiger partial charge in [0.25, 0.3) is 0 Å². The average molecular weight is 462 g/mol. The highest BCUT2D eigenvalue weighted by atomic mass is 19.1. The monoisotopic (exact) mass is 461 g/mol. The summed E-state index contributed by atoms with van der Waals surface area (Å²) in [5.74, 6) is -1.48. The molecule has 7 heteroatoms. The standard InChI is InChI=1S/C26H33F2NO4/c1-9-32-21(30)13-20(29-25(31)33-26(6,7)8)19-12-18(11-16(4)24(19)28)22-14(2)10-15(3)23(27)17(22)5/h10-12,20H,9,13H2,1-8H3,(H,29,31)/t20-/m0/s1. The molecule has 5 nitrogen and oxygen atoms in total. The zero-order valence-electron chi connectivity index (χ0n) is 20.6. The molecule has 2 aromatic carbocycles. The lowest BCUT2D eigenvalue weighted by molar-refractivity contribution is -0.143. The molecule has 0 unspecified atom stereocenters. The van der Waals surface area contributed by atoms with Gasteiger partial charge >= 0.3 is 12.1 Å². The van der Waals surface area contributed by atoms with Gasteiger partial charge < -0.3 is 14.8 Å². The van der Waals surface area contributed by atoms with Crippen molar-refractivity contribution in [1.29, 1.82) is 0 Å². The van der Waals surface area contributed by atoms with Crippen molar-refractivity contribution in [2.75, 3.05) is 6.61 Å². The van der Waals surface area contributed by atoms with Gasteiger partial charge in [-0.3, -0.25) is 4.79 Å². The second kappa shape index (κ2) is 10.3. The SMILES string of the molecule is CCOC(=O)C[C@H](NC(=O)OC(C)(C)C)c1cc(-c2c(C)cc(C)c(F)c2C)cc(C)c1F. The number of esters is 1. The molecule has 0 fully saturated rings. The number of rotatable bonds is 6. The van der Waals surface area contributed by atoms with Gasteiger partial charge in [-0.1, -0.05) is 6.07 Å². The summed E-state index contributed by atoms with van der Waals surface area (Å²) >= 11 is 0. The van der Waals surface area contributed by atoms with Gasteiger partial charge in [-0.05, 0) is 101 Å². The van der Waals surface area contributed by atoms with Crippen molar-refractivity contribution in [2.24, 2.45) is 0 Å². The van der Waals surface area contributed by atoms with Crippen LogP contribution in [0.3, 0.4) is 0 Å². The van der Waals surface area contributed by atoms with E-state index in [2.05, 4.69) is 5.32 Å². The third-order valence-electron chi connectivity index (χ3n) is 5.19. The van der Waals surface area contributed by atoms with Gasteiger partial charge in [-0.15, -0.1) is 0 Å². The molecule has 0 aliphatic rings. The number of ether oxygens (including phenoxy) is 2. The van der Waals surface area contributed by atoms with E-state index in [-0.39, 0.29) is 24.4 Å². The van der Waals surface area contributed by atoms with E-state index in [0.29, 0.717) is 27.8 Å². The Labute approximate surface area is 194 Å². The molecule has 0 saturated carbocycles. The van der Waals surface area contributed by atoms with Crippen LogP contribution in [0.15, 0.2) is 18.2 Å². The molecule has 0 saturated heterocycles. The third kappa shape index (κ3) is 6.53. The second-order valence-corrected chi connectivity index (χ2v) is 9.23. The normalized spacial score (nSPS) is 12.3. The molecule has 1 atom stereocenters. The van der Waals surface area contributed by atoms with Crippen molar-refractivity contribution >= 4 is 12.1 Å². The van der Waals surface area contributed by atoms with Crippen LogP contribution in [0.25, 0.3) is 11.1 Å². The maximum absolute atomic E-state index is 15.3. The Morgan fingerprint density at radius 2 is 1.58 bits per heavy atom. The molecule has 0 spiro atoms.